The topological polar surface area (TPSA) is 127 Å². The Morgan fingerprint density at radius 1 is 1.10 bits per heavy atom. The van der Waals surface area contributed by atoms with E-state index in [2.05, 4.69) is 20.9 Å². The maximum atomic E-state index is 13.5. The van der Waals surface area contributed by atoms with Crippen molar-refractivity contribution in [1.29, 1.82) is 0 Å². The van der Waals surface area contributed by atoms with Crippen molar-refractivity contribution < 1.29 is 14.3 Å². The van der Waals surface area contributed by atoms with Crippen LogP contribution < -0.4 is 26.1 Å². The van der Waals surface area contributed by atoms with Gasteiger partial charge >= 0.3 is 6.03 Å². The van der Waals surface area contributed by atoms with E-state index in [1.54, 1.807) is 24.5 Å². The third-order valence-electron chi connectivity index (χ3n) is 6.80. The summed E-state index contributed by atoms with van der Waals surface area (Å²) in [5.74, 6) is 0.455. The standard InChI is InChI=1S/C30H26N6O4S/c1-3-32-30(39)35-25-13-19(29-34-23(16-41-29)17-7-5-4-6-8-17)21(14-33-25)18-11-20-26-24(12-18)40-10-9-36(26)15-22(27(20)37)28(38)31-2/h4-8,11-16H,3,9-10H2,1-2H3,(H,31,38)(H2,32,33,35,39). The van der Waals surface area contributed by atoms with Gasteiger partial charge in [-0.1, -0.05) is 30.3 Å². The van der Waals surface area contributed by atoms with Crippen molar-refractivity contribution >= 4 is 40.0 Å². The number of carbonyl (C=O) groups excluding carboxylic acids is 2. The summed E-state index contributed by atoms with van der Waals surface area (Å²) < 4.78 is 7.88. The molecule has 3 aromatic heterocycles. The monoisotopic (exact) mass is 566 g/mol. The van der Waals surface area contributed by atoms with Crippen molar-refractivity contribution in [1.82, 2.24) is 25.2 Å². The molecule has 206 valence electrons. The van der Waals surface area contributed by atoms with Crippen molar-refractivity contribution in [3.8, 4) is 38.7 Å². The lowest BCUT2D eigenvalue weighted by molar-refractivity contribution is 0.0961. The normalized spacial score (nSPS) is 12.0. The summed E-state index contributed by atoms with van der Waals surface area (Å²) >= 11 is 1.47. The number of amides is 3. The van der Waals surface area contributed by atoms with Gasteiger partial charge in [0, 0.05) is 48.1 Å². The Balaban J connectivity index is 1.54. The van der Waals surface area contributed by atoms with Crippen molar-refractivity contribution in [3.05, 3.63) is 82.1 Å². The van der Waals surface area contributed by atoms with Crippen LogP contribution in [-0.2, 0) is 6.54 Å². The molecule has 5 aromatic rings. The second-order valence-electron chi connectivity index (χ2n) is 9.37. The first-order valence-electron chi connectivity index (χ1n) is 13.1. The molecule has 3 N–H and O–H groups in total. The summed E-state index contributed by atoms with van der Waals surface area (Å²) in [5.41, 5.74) is 4.23. The number of ether oxygens (including phenoxy) is 1. The molecule has 1 aliphatic rings. The van der Waals surface area contributed by atoms with Gasteiger partial charge in [-0.3, -0.25) is 14.9 Å². The molecule has 11 heteroatoms. The van der Waals surface area contributed by atoms with Gasteiger partial charge < -0.3 is 19.9 Å². The predicted molar refractivity (Wildman–Crippen MR) is 160 cm³/mol. The third-order valence-corrected chi connectivity index (χ3v) is 7.67. The van der Waals surface area contributed by atoms with Gasteiger partial charge in [0.1, 0.15) is 28.7 Å². The number of rotatable bonds is 6. The number of hydrogen-bond acceptors (Lipinski definition) is 7. The first-order valence-corrected chi connectivity index (χ1v) is 14.0. The molecule has 0 saturated carbocycles. The average Bonchev–Trinajstić information content (AvgIpc) is 3.49. The fourth-order valence-electron chi connectivity index (χ4n) is 4.88. The largest absolute Gasteiger partial charge is 0.489 e. The maximum absolute atomic E-state index is 13.5. The summed E-state index contributed by atoms with van der Waals surface area (Å²) in [6.07, 6.45) is 3.24. The second-order valence-corrected chi connectivity index (χ2v) is 10.2. The molecule has 0 fully saturated rings. The van der Waals surface area contributed by atoms with Gasteiger partial charge in [-0.05, 0) is 30.7 Å². The van der Waals surface area contributed by atoms with Crippen molar-refractivity contribution in [2.45, 2.75) is 13.5 Å². The van der Waals surface area contributed by atoms with E-state index < -0.39 is 5.91 Å². The summed E-state index contributed by atoms with van der Waals surface area (Å²) in [4.78, 5) is 47.7. The van der Waals surface area contributed by atoms with Gasteiger partial charge in [-0.25, -0.2) is 14.8 Å². The Kier molecular flexibility index (Phi) is 6.94. The molecule has 4 heterocycles. The molecule has 3 amide bonds. The molecule has 10 nitrogen and oxygen atoms in total. The summed E-state index contributed by atoms with van der Waals surface area (Å²) in [6.45, 7) is 3.22. The summed E-state index contributed by atoms with van der Waals surface area (Å²) in [5, 5.41) is 11.1. The lowest BCUT2D eigenvalue weighted by Crippen LogP contribution is -2.29. The van der Waals surface area contributed by atoms with E-state index in [-0.39, 0.29) is 17.0 Å². The number of benzene rings is 2. The lowest BCUT2D eigenvalue weighted by atomic mass is 9.98. The second kappa shape index (κ2) is 10.9. The Morgan fingerprint density at radius 2 is 1.93 bits per heavy atom. The van der Waals surface area contributed by atoms with E-state index >= 15 is 0 Å². The Morgan fingerprint density at radius 3 is 2.71 bits per heavy atom. The maximum Gasteiger partial charge on any atom is 0.320 e. The van der Waals surface area contributed by atoms with Crippen LogP contribution in [0.2, 0.25) is 0 Å². The highest BCUT2D eigenvalue weighted by molar-refractivity contribution is 7.13. The number of thiazole rings is 1. The Labute approximate surface area is 239 Å². The predicted octanol–water partition coefficient (Wildman–Crippen LogP) is 4.75. The smallest absolute Gasteiger partial charge is 0.320 e. The van der Waals surface area contributed by atoms with Gasteiger partial charge in [0.05, 0.1) is 23.1 Å². The van der Waals surface area contributed by atoms with Gasteiger partial charge in [-0.15, -0.1) is 11.3 Å². The van der Waals surface area contributed by atoms with Crippen LogP contribution in [0.15, 0.2) is 71.1 Å². The number of carbonyl (C=O) groups is 2. The van der Waals surface area contributed by atoms with Crippen LogP contribution in [0.5, 0.6) is 5.75 Å². The molecule has 6 rings (SSSR count). The van der Waals surface area contributed by atoms with E-state index in [0.29, 0.717) is 58.3 Å². The van der Waals surface area contributed by atoms with Crippen LogP contribution in [0.3, 0.4) is 0 Å². The Bertz CT molecular complexity index is 1860. The molecule has 0 unspecified atom stereocenters. The third kappa shape index (κ3) is 4.91. The molecule has 0 spiro atoms. The molecule has 0 radical (unpaired) electrons. The molecule has 41 heavy (non-hydrogen) atoms. The number of anilines is 1. The molecule has 0 saturated heterocycles. The zero-order valence-corrected chi connectivity index (χ0v) is 23.2. The van der Waals surface area contributed by atoms with Crippen LogP contribution in [0.4, 0.5) is 10.6 Å². The molecular weight excluding hydrogens is 540 g/mol. The average molecular weight is 567 g/mol. The van der Waals surface area contributed by atoms with E-state index in [1.165, 1.54) is 18.4 Å². The van der Waals surface area contributed by atoms with Crippen LogP contribution >= 0.6 is 11.3 Å². The van der Waals surface area contributed by atoms with E-state index in [9.17, 15) is 14.4 Å². The molecular formula is C30H26N6O4S. The van der Waals surface area contributed by atoms with E-state index in [4.69, 9.17) is 9.72 Å². The van der Waals surface area contributed by atoms with Crippen LogP contribution in [0, 0.1) is 0 Å². The van der Waals surface area contributed by atoms with E-state index in [0.717, 1.165) is 16.8 Å². The first kappa shape index (κ1) is 26.2. The summed E-state index contributed by atoms with van der Waals surface area (Å²) in [6, 6.07) is 14.9. The Hall–Kier alpha value is -5.03. The zero-order chi connectivity index (χ0) is 28.5. The molecule has 1 aliphatic heterocycles. The van der Waals surface area contributed by atoms with Crippen molar-refractivity contribution in [3.63, 3.8) is 0 Å². The van der Waals surface area contributed by atoms with Gasteiger partial charge in [0.15, 0.2) is 0 Å². The van der Waals surface area contributed by atoms with Crippen LogP contribution in [-0.4, -0.2) is 46.7 Å². The number of pyridine rings is 2. The number of aromatic nitrogens is 3. The zero-order valence-electron chi connectivity index (χ0n) is 22.4. The van der Waals surface area contributed by atoms with Crippen LogP contribution in [0.1, 0.15) is 17.3 Å². The highest BCUT2D eigenvalue weighted by Crippen LogP contribution is 2.40. The van der Waals surface area contributed by atoms with Gasteiger partial charge in [-0.2, -0.15) is 0 Å². The number of hydrogen-bond donors (Lipinski definition) is 3. The highest BCUT2D eigenvalue weighted by Gasteiger charge is 2.23. The SMILES string of the molecule is CCNC(=O)Nc1cc(-c2nc(-c3ccccc3)cs2)c(-c2cc3c4c(c2)c(=O)c(C(=O)NC)cn4CCO3)cn1. The van der Waals surface area contributed by atoms with Gasteiger partial charge in [0.2, 0.25) is 5.43 Å². The fourth-order valence-corrected chi connectivity index (χ4v) is 5.74. The number of urea groups is 1. The van der Waals surface area contributed by atoms with Crippen molar-refractivity contribution in [2.75, 3.05) is 25.5 Å². The first-order chi connectivity index (χ1) is 20.0. The van der Waals surface area contributed by atoms with Crippen molar-refractivity contribution in [2.24, 2.45) is 0 Å². The van der Waals surface area contributed by atoms with Gasteiger partial charge in [0.25, 0.3) is 5.91 Å². The van der Waals surface area contributed by atoms with Crippen LogP contribution in [0.25, 0.3) is 43.9 Å². The molecule has 2 aromatic carbocycles. The minimum Gasteiger partial charge on any atom is -0.489 e. The molecule has 0 bridgehead atoms. The minimum atomic E-state index is -0.446. The highest BCUT2D eigenvalue weighted by atomic mass is 32.1. The number of nitrogens with one attached hydrogen (secondary N) is 3. The fraction of sp³-hybridized carbons (Fsp3) is 0.167. The summed E-state index contributed by atoms with van der Waals surface area (Å²) in [7, 11) is 1.50. The lowest BCUT2D eigenvalue weighted by Gasteiger charge is -2.22. The molecule has 0 aliphatic carbocycles. The molecule has 0 atom stereocenters. The van der Waals surface area contributed by atoms with E-state index in [1.807, 2.05) is 53.3 Å². The number of nitrogens with zero attached hydrogens (tertiary/aromatic N) is 3. The quantitative estimate of drug-likeness (QED) is 0.272. The minimum absolute atomic E-state index is 0.0669.